The van der Waals surface area contributed by atoms with Crippen LogP contribution in [0, 0.1) is 0 Å². The first-order valence-corrected chi connectivity index (χ1v) is 8.68. The van der Waals surface area contributed by atoms with Crippen LogP contribution in [0.3, 0.4) is 0 Å². The number of nitrogens with zero attached hydrogens (tertiary/aromatic N) is 1. The van der Waals surface area contributed by atoms with E-state index in [1.54, 1.807) is 18.2 Å². The van der Waals surface area contributed by atoms with Crippen molar-refractivity contribution in [2.75, 3.05) is 6.61 Å². The van der Waals surface area contributed by atoms with Gasteiger partial charge in [0.1, 0.15) is 12.4 Å². The zero-order valence-electron chi connectivity index (χ0n) is 15.7. The van der Waals surface area contributed by atoms with Gasteiger partial charge >= 0.3 is 29.6 Å². The largest absolute Gasteiger partial charge is 1.00 e. The molecule has 0 atom stereocenters. The van der Waals surface area contributed by atoms with Gasteiger partial charge in [0.15, 0.2) is 0 Å². The van der Waals surface area contributed by atoms with Gasteiger partial charge in [-0.3, -0.25) is 0 Å². The number of aromatic carboxylic acids is 1. The molecule has 0 spiro atoms. The van der Waals surface area contributed by atoms with Gasteiger partial charge in [0.25, 0.3) is 0 Å². The fourth-order valence-electron chi connectivity index (χ4n) is 2.68. The van der Waals surface area contributed by atoms with Gasteiger partial charge in [-0.05, 0) is 48.4 Å². The molecule has 0 N–H and O–H groups in total. The van der Waals surface area contributed by atoms with Crippen molar-refractivity contribution in [2.24, 2.45) is 0 Å². The Bertz CT molecular complexity index is 1020. The van der Waals surface area contributed by atoms with Crippen LogP contribution in [-0.4, -0.2) is 17.6 Å². The molecule has 0 saturated carbocycles. The smallest absolute Gasteiger partial charge is 0.543 e. The maximum Gasteiger partial charge on any atom is 1.00 e. The van der Waals surface area contributed by atoms with Crippen LogP contribution in [0.15, 0.2) is 72.8 Å². The molecule has 3 rings (SSSR count). The van der Waals surface area contributed by atoms with Gasteiger partial charge in [0.2, 0.25) is 0 Å². The summed E-state index contributed by atoms with van der Waals surface area (Å²) >= 11 is 6.22. The minimum Gasteiger partial charge on any atom is -0.543 e. The topological polar surface area (TPSA) is 62.2 Å². The number of halogens is 1. The summed E-state index contributed by atoms with van der Waals surface area (Å²) in [5, 5.41) is 11.7. The molecule has 0 unspecified atom stereocenters. The summed E-state index contributed by atoms with van der Waals surface area (Å²) in [6.45, 7) is 6.13. The van der Waals surface area contributed by atoms with Crippen molar-refractivity contribution in [3.63, 3.8) is 0 Å². The Hall–Kier alpha value is -2.11. The minimum absolute atomic E-state index is 0. The number of carbonyl (C=O) groups is 1. The molecule has 0 aliphatic rings. The molecule has 0 saturated heterocycles. The van der Waals surface area contributed by atoms with Gasteiger partial charge in [-0.2, -0.15) is 0 Å². The second-order valence-electron chi connectivity index (χ2n) is 6.13. The van der Waals surface area contributed by atoms with Crippen molar-refractivity contribution < 1.29 is 44.2 Å². The van der Waals surface area contributed by atoms with Crippen molar-refractivity contribution in [3.05, 3.63) is 83.5 Å². The molecule has 0 bridgehead atoms. The summed E-state index contributed by atoms with van der Waals surface area (Å²) < 4.78 is 5.88. The number of hydrogen-bond acceptors (Lipinski definition) is 4. The number of pyridine rings is 1. The van der Waals surface area contributed by atoms with Gasteiger partial charge in [-0.1, -0.05) is 48.5 Å². The third-order valence-corrected chi connectivity index (χ3v) is 4.10. The third-order valence-electron chi connectivity index (χ3n) is 3.87. The average Bonchev–Trinajstić information content (AvgIpc) is 2.67. The Morgan fingerprint density at radius 3 is 2.46 bits per heavy atom. The molecule has 1 aromatic heterocycles. The Kier molecular flexibility index (Phi) is 7.84. The van der Waals surface area contributed by atoms with Gasteiger partial charge in [0, 0.05) is 16.1 Å². The maximum absolute atomic E-state index is 11.2. The first-order valence-electron chi connectivity index (χ1n) is 8.30. The molecular weight excluding hydrogens is 385 g/mol. The molecule has 0 fully saturated rings. The zero-order valence-corrected chi connectivity index (χ0v) is 18.5. The van der Waals surface area contributed by atoms with Crippen LogP contribution in [0.5, 0.6) is 5.75 Å². The van der Waals surface area contributed by atoms with E-state index in [1.165, 1.54) is 6.07 Å². The molecule has 2 aromatic carbocycles. The molecule has 3 aromatic rings. The van der Waals surface area contributed by atoms with Crippen molar-refractivity contribution in [1.29, 1.82) is 0 Å². The Labute approximate surface area is 191 Å². The molecule has 0 radical (unpaired) electrons. The van der Waals surface area contributed by atoms with E-state index in [4.69, 9.17) is 16.3 Å². The van der Waals surface area contributed by atoms with Gasteiger partial charge in [-0.15, -0.1) is 0 Å². The molecule has 136 valence electrons. The van der Waals surface area contributed by atoms with Crippen LogP contribution in [-0.2, 0) is 0 Å². The third kappa shape index (κ3) is 5.24. The number of ether oxygens (including phenoxy) is 1. The van der Waals surface area contributed by atoms with Crippen molar-refractivity contribution in [2.45, 2.75) is 6.92 Å². The van der Waals surface area contributed by atoms with E-state index < -0.39 is 5.97 Å². The van der Waals surface area contributed by atoms with E-state index in [1.807, 2.05) is 43.3 Å². The summed E-state index contributed by atoms with van der Waals surface area (Å²) in [5.41, 5.74) is 3.69. The summed E-state index contributed by atoms with van der Waals surface area (Å²) in [6, 6.07) is 17.7. The van der Waals surface area contributed by atoms with E-state index in [9.17, 15) is 9.90 Å². The summed E-state index contributed by atoms with van der Waals surface area (Å²) in [6.07, 6.45) is 0. The van der Waals surface area contributed by atoms with E-state index >= 15 is 0 Å². The van der Waals surface area contributed by atoms with Crippen LogP contribution in [0.4, 0.5) is 0 Å². The van der Waals surface area contributed by atoms with Crippen molar-refractivity contribution >= 4 is 17.6 Å². The summed E-state index contributed by atoms with van der Waals surface area (Å²) in [7, 11) is 0. The molecule has 0 amide bonds. The zero-order chi connectivity index (χ0) is 19.4. The second-order valence-corrected chi connectivity index (χ2v) is 6.56. The normalized spacial score (nSPS) is 10.1. The molecule has 6 heteroatoms. The Balaban J connectivity index is 0.00000280. The SMILES string of the molecule is C=C(C)COc1ccc(Cl)cc1-c1ccccc1-c1cccc(C(=O)[O-])n1.[Na+]. The molecule has 28 heavy (non-hydrogen) atoms. The van der Waals surface area contributed by atoms with Crippen molar-refractivity contribution in [3.8, 4) is 28.1 Å². The van der Waals surface area contributed by atoms with Gasteiger partial charge < -0.3 is 14.6 Å². The average molecular weight is 402 g/mol. The van der Waals surface area contributed by atoms with Gasteiger partial charge in [0.05, 0.1) is 17.4 Å². The fraction of sp³-hybridized carbons (Fsp3) is 0.0909. The standard InChI is InChI=1S/C22H18ClNO3.Na/c1-14(2)13-27-21-11-10-15(23)12-18(21)16-6-3-4-7-17(16)19-8-5-9-20(24-19)22(25)26;/h3-12H,1,13H2,2H3,(H,25,26);/q;+1/p-1. The van der Waals surface area contributed by atoms with Crippen molar-refractivity contribution in [1.82, 2.24) is 4.98 Å². The quantitative estimate of drug-likeness (QED) is 0.462. The Morgan fingerprint density at radius 1 is 1.07 bits per heavy atom. The monoisotopic (exact) mass is 401 g/mol. The predicted octanol–water partition coefficient (Wildman–Crippen LogP) is 1.39. The van der Waals surface area contributed by atoms with E-state index in [2.05, 4.69) is 11.6 Å². The fourth-order valence-corrected chi connectivity index (χ4v) is 2.85. The van der Waals surface area contributed by atoms with Gasteiger partial charge in [-0.25, -0.2) is 4.98 Å². The second kappa shape index (κ2) is 9.89. The first kappa shape index (κ1) is 22.2. The van der Waals surface area contributed by atoms with E-state index in [0.29, 0.717) is 23.1 Å². The number of carboxylic acid groups (broad SMARTS) is 1. The van der Waals surface area contributed by atoms with E-state index in [-0.39, 0.29) is 35.3 Å². The molecule has 4 nitrogen and oxygen atoms in total. The predicted molar refractivity (Wildman–Crippen MR) is 105 cm³/mol. The number of carboxylic acids is 1. The minimum atomic E-state index is -1.32. The molecule has 0 aliphatic carbocycles. The molecular formula is C22H17ClNNaO3. The number of benzene rings is 2. The van der Waals surface area contributed by atoms with Crippen LogP contribution in [0.1, 0.15) is 17.4 Å². The first-order chi connectivity index (χ1) is 13.0. The number of hydrogen-bond donors (Lipinski definition) is 0. The van der Waals surface area contributed by atoms with Crippen LogP contribution < -0.4 is 39.4 Å². The number of aromatic nitrogens is 1. The Morgan fingerprint density at radius 2 is 1.79 bits per heavy atom. The maximum atomic E-state index is 11.2. The van der Waals surface area contributed by atoms with Crippen LogP contribution in [0.2, 0.25) is 5.02 Å². The molecule has 0 aliphatic heterocycles. The van der Waals surface area contributed by atoms with Crippen LogP contribution in [0.25, 0.3) is 22.4 Å². The summed E-state index contributed by atoms with van der Waals surface area (Å²) in [4.78, 5) is 15.4. The number of carbonyl (C=O) groups excluding carboxylic acids is 1. The van der Waals surface area contributed by atoms with Crippen LogP contribution >= 0.6 is 11.6 Å². The summed E-state index contributed by atoms with van der Waals surface area (Å²) in [5.74, 6) is -0.659. The molecule has 1 heterocycles. The van der Waals surface area contributed by atoms with E-state index in [0.717, 1.165) is 22.3 Å². The number of rotatable bonds is 6.